The minimum absolute atomic E-state index is 0.0714. The fourth-order valence-corrected chi connectivity index (χ4v) is 4.52. The van der Waals surface area contributed by atoms with E-state index in [0.717, 1.165) is 4.47 Å². The summed E-state index contributed by atoms with van der Waals surface area (Å²) in [6, 6.07) is 14.8. The van der Waals surface area contributed by atoms with Crippen LogP contribution in [0, 0.1) is 13.8 Å². The minimum atomic E-state index is -0.708. The van der Waals surface area contributed by atoms with Gasteiger partial charge in [-0.25, -0.2) is 0 Å². The third-order valence-corrected chi connectivity index (χ3v) is 7.25. The Kier molecular flexibility index (Phi) is 9.68. The van der Waals surface area contributed by atoms with Crippen LogP contribution in [-0.4, -0.2) is 18.4 Å². The van der Waals surface area contributed by atoms with Crippen molar-refractivity contribution < 1.29 is 14.3 Å². The molecule has 37 heavy (non-hydrogen) atoms. The van der Waals surface area contributed by atoms with E-state index in [9.17, 15) is 9.59 Å². The molecule has 0 radical (unpaired) electrons. The Bertz CT molecular complexity index is 1300. The van der Waals surface area contributed by atoms with Crippen molar-refractivity contribution in [3.05, 3.63) is 90.9 Å². The number of carbonyl (C=O) groups excluding carboxylic acids is 2. The van der Waals surface area contributed by atoms with Gasteiger partial charge in [-0.1, -0.05) is 78.1 Å². The molecule has 0 spiro atoms. The van der Waals surface area contributed by atoms with Crippen LogP contribution in [-0.2, 0) is 28.0 Å². The molecular formula is C29H31BrCl2N2O3. The maximum Gasteiger partial charge on any atom is 0.309 e. The predicted molar refractivity (Wildman–Crippen MR) is 154 cm³/mol. The van der Waals surface area contributed by atoms with Crippen LogP contribution in [0.3, 0.4) is 0 Å². The molecule has 2 N–H and O–H groups in total. The van der Waals surface area contributed by atoms with Gasteiger partial charge in [0.05, 0.1) is 10.0 Å². The highest BCUT2D eigenvalue weighted by molar-refractivity contribution is 9.10. The lowest BCUT2D eigenvalue weighted by atomic mass is 9.83. The third kappa shape index (κ3) is 7.97. The first-order chi connectivity index (χ1) is 17.3. The van der Waals surface area contributed by atoms with E-state index in [0.29, 0.717) is 40.1 Å². The van der Waals surface area contributed by atoms with Gasteiger partial charge in [-0.3, -0.25) is 9.59 Å². The molecule has 0 aliphatic rings. The lowest BCUT2D eigenvalue weighted by molar-refractivity contribution is -0.139. The monoisotopic (exact) mass is 604 g/mol. The number of nitrogens with one attached hydrogen (secondary N) is 2. The van der Waals surface area contributed by atoms with E-state index >= 15 is 0 Å². The van der Waals surface area contributed by atoms with Gasteiger partial charge < -0.3 is 15.4 Å². The third-order valence-electron chi connectivity index (χ3n) is 6.02. The smallest absolute Gasteiger partial charge is 0.309 e. The summed E-state index contributed by atoms with van der Waals surface area (Å²) >= 11 is 15.5. The molecule has 0 saturated carbocycles. The Morgan fingerprint density at radius 1 is 0.892 bits per heavy atom. The molecule has 3 aromatic carbocycles. The number of halogens is 3. The summed E-state index contributed by atoms with van der Waals surface area (Å²) in [6.45, 7) is 11.2. The number of amides is 2. The van der Waals surface area contributed by atoms with E-state index in [1.54, 1.807) is 24.3 Å². The Morgan fingerprint density at radius 3 is 2.16 bits per heavy atom. The molecule has 0 heterocycles. The zero-order chi connectivity index (χ0) is 27.3. The number of ether oxygens (including phenoxy) is 1. The first kappa shape index (κ1) is 29.0. The molecule has 0 aliphatic carbocycles. The first-order valence-corrected chi connectivity index (χ1v) is 13.5. The number of rotatable bonds is 7. The van der Waals surface area contributed by atoms with Crippen LogP contribution in [0.2, 0.25) is 10.0 Å². The van der Waals surface area contributed by atoms with E-state index < -0.39 is 11.8 Å². The van der Waals surface area contributed by atoms with Gasteiger partial charge in [-0.2, -0.15) is 0 Å². The molecule has 5 nitrogen and oxygen atoms in total. The molecular weight excluding hydrogens is 575 g/mol. The Hall–Kier alpha value is -2.54. The summed E-state index contributed by atoms with van der Waals surface area (Å²) in [5.41, 5.74) is 5.61. The van der Waals surface area contributed by atoms with Crippen molar-refractivity contribution in [2.24, 2.45) is 0 Å². The van der Waals surface area contributed by atoms with Crippen molar-refractivity contribution in [3.63, 3.8) is 0 Å². The molecule has 0 atom stereocenters. The Labute approximate surface area is 237 Å². The van der Waals surface area contributed by atoms with E-state index in [2.05, 4.69) is 73.3 Å². The van der Waals surface area contributed by atoms with Gasteiger partial charge in [0.1, 0.15) is 11.5 Å². The summed E-state index contributed by atoms with van der Waals surface area (Å²) < 4.78 is 6.76. The second-order valence-corrected chi connectivity index (χ2v) is 11.7. The fraction of sp³-hybridized carbons (Fsp3) is 0.310. The number of hydrogen-bond donors (Lipinski definition) is 2. The van der Waals surface area contributed by atoms with Crippen molar-refractivity contribution >= 4 is 50.9 Å². The maximum absolute atomic E-state index is 12.5. The summed E-state index contributed by atoms with van der Waals surface area (Å²) in [6.07, 6.45) is 0.648. The van der Waals surface area contributed by atoms with Crippen molar-refractivity contribution in [3.8, 4) is 11.5 Å². The standard InChI is InChI=1S/C29H31BrCl2N2O3/c1-17-12-20(29(3,4)5)13-18(2)23(17)10-11-33-27(35)28(36)34-16-19-6-7-21(30)14-26(19)37-22-8-9-24(31)25(32)15-22/h6-9,12-15H,10-11,16H2,1-5H3,(H,33,35)(H,34,36). The molecule has 0 aromatic heterocycles. The summed E-state index contributed by atoms with van der Waals surface area (Å²) in [5.74, 6) is -0.373. The molecule has 0 bridgehead atoms. The maximum atomic E-state index is 12.5. The van der Waals surface area contributed by atoms with Gasteiger partial charge in [-0.15, -0.1) is 0 Å². The topological polar surface area (TPSA) is 67.4 Å². The molecule has 0 fully saturated rings. The lowest BCUT2D eigenvalue weighted by Gasteiger charge is -2.22. The SMILES string of the molecule is Cc1cc(C(C)(C)C)cc(C)c1CCNC(=O)C(=O)NCc1ccc(Br)cc1Oc1ccc(Cl)c(Cl)c1. The van der Waals surface area contributed by atoms with Crippen LogP contribution in [0.15, 0.2) is 53.0 Å². The van der Waals surface area contributed by atoms with Crippen LogP contribution in [0.4, 0.5) is 0 Å². The summed E-state index contributed by atoms with van der Waals surface area (Å²) in [4.78, 5) is 24.9. The highest BCUT2D eigenvalue weighted by atomic mass is 79.9. The largest absolute Gasteiger partial charge is 0.457 e. The highest BCUT2D eigenvalue weighted by Crippen LogP contribution is 2.32. The lowest BCUT2D eigenvalue weighted by Crippen LogP contribution is -2.40. The number of carbonyl (C=O) groups is 2. The zero-order valence-electron chi connectivity index (χ0n) is 21.6. The van der Waals surface area contributed by atoms with E-state index in [1.807, 2.05) is 12.1 Å². The van der Waals surface area contributed by atoms with Crippen LogP contribution < -0.4 is 15.4 Å². The quantitative estimate of drug-likeness (QED) is 0.275. The van der Waals surface area contributed by atoms with Crippen molar-refractivity contribution in [2.45, 2.75) is 53.0 Å². The second-order valence-electron chi connectivity index (χ2n) is 9.96. The zero-order valence-corrected chi connectivity index (χ0v) is 24.7. The highest BCUT2D eigenvalue weighted by Gasteiger charge is 2.18. The van der Waals surface area contributed by atoms with Gasteiger partial charge in [-0.05, 0) is 72.2 Å². The molecule has 0 unspecified atom stereocenters. The van der Waals surface area contributed by atoms with Crippen molar-refractivity contribution in [2.75, 3.05) is 6.54 Å². The molecule has 3 rings (SSSR count). The Balaban J connectivity index is 1.58. The van der Waals surface area contributed by atoms with E-state index in [4.69, 9.17) is 27.9 Å². The fourth-order valence-electron chi connectivity index (χ4n) is 3.89. The average Bonchev–Trinajstić information content (AvgIpc) is 2.81. The minimum Gasteiger partial charge on any atom is -0.457 e. The molecule has 8 heteroatoms. The molecule has 0 saturated heterocycles. The number of aryl methyl sites for hydroxylation is 2. The molecule has 0 aliphatic heterocycles. The second kappa shape index (κ2) is 12.3. The van der Waals surface area contributed by atoms with Crippen molar-refractivity contribution in [1.82, 2.24) is 10.6 Å². The van der Waals surface area contributed by atoms with E-state index in [-0.39, 0.29) is 12.0 Å². The van der Waals surface area contributed by atoms with Crippen LogP contribution >= 0.6 is 39.1 Å². The van der Waals surface area contributed by atoms with Gasteiger partial charge in [0.2, 0.25) is 0 Å². The summed E-state index contributed by atoms with van der Waals surface area (Å²) in [5, 5.41) is 6.19. The van der Waals surface area contributed by atoms with Gasteiger partial charge >= 0.3 is 11.8 Å². The average molecular weight is 606 g/mol. The molecule has 196 valence electrons. The number of benzene rings is 3. The van der Waals surface area contributed by atoms with E-state index in [1.165, 1.54) is 22.3 Å². The van der Waals surface area contributed by atoms with Crippen LogP contribution in [0.25, 0.3) is 0 Å². The number of hydrogen-bond acceptors (Lipinski definition) is 3. The van der Waals surface area contributed by atoms with Crippen LogP contribution in [0.1, 0.15) is 48.6 Å². The first-order valence-electron chi connectivity index (χ1n) is 11.9. The predicted octanol–water partition coefficient (Wildman–Crippen LogP) is 7.44. The van der Waals surface area contributed by atoms with Crippen LogP contribution in [0.5, 0.6) is 11.5 Å². The van der Waals surface area contributed by atoms with Gasteiger partial charge in [0.15, 0.2) is 0 Å². The van der Waals surface area contributed by atoms with Gasteiger partial charge in [0.25, 0.3) is 0 Å². The molecule has 2 amide bonds. The Morgan fingerprint density at radius 2 is 1.54 bits per heavy atom. The normalized spacial score (nSPS) is 11.2. The van der Waals surface area contributed by atoms with Gasteiger partial charge in [0, 0.05) is 29.2 Å². The molecule has 3 aromatic rings. The summed E-state index contributed by atoms with van der Waals surface area (Å²) in [7, 11) is 0. The van der Waals surface area contributed by atoms with Crippen molar-refractivity contribution in [1.29, 1.82) is 0 Å².